The smallest absolute Gasteiger partial charge is 0.292 e. The third kappa shape index (κ3) is 2.23. The summed E-state index contributed by atoms with van der Waals surface area (Å²) < 4.78 is 0. The fraction of sp³-hybridized carbons (Fsp3) is 0.200. The molecule has 4 nitrogen and oxygen atoms in total. The molecule has 0 atom stereocenters. The molecule has 0 unspecified atom stereocenters. The lowest BCUT2D eigenvalue weighted by Gasteiger charge is -2.03. The molecule has 0 heterocycles. The van der Waals surface area contributed by atoms with Crippen molar-refractivity contribution >= 4 is 11.4 Å². The van der Waals surface area contributed by atoms with Gasteiger partial charge < -0.3 is 5.32 Å². The third-order valence-corrected chi connectivity index (χ3v) is 1.73. The summed E-state index contributed by atoms with van der Waals surface area (Å²) in [7, 11) is 0. The van der Waals surface area contributed by atoms with Gasteiger partial charge in [-0.05, 0) is 18.6 Å². The molecule has 0 fully saturated rings. The summed E-state index contributed by atoms with van der Waals surface area (Å²) in [4.78, 5) is 10.2. The predicted octanol–water partition coefficient (Wildman–Crippen LogP) is 1.95. The number of benzene rings is 1. The quantitative estimate of drug-likeness (QED) is 0.450. The van der Waals surface area contributed by atoms with E-state index < -0.39 is 4.92 Å². The lowest BCUT2D eigenvalue weighted by molar-refractivity contribution is -0.384. The number of aryl methyl sites for hydroxylation is 1. The van der Waals surface area contributed by atoms with Crippen LogP contribution in [0.3, 0.4) is 0 Å². The van der Waals surface area contributed by atoms with Crippen molar-refractivity contribution in [3.63, 3.8) is 0 Å². The molecular formula is C10H10N2O2. The highest BCUT2D eigenvalue weighted by Gasteiger charge is 2.12. The zero-order valence-corrected chi connectivity index (χ0v) is 7.78. The van der Waals surface area contributed by atoms with Crippen molar-refractivity contribution in [2.24, 2.45) is 0 Å². The molecule has 72 valence electrons. The van der Waals surface area contributed by atoms with Crippen LogP contribution in [0.5, 0.6) is 0 Å². The zero-order valence-electron chi connectivity index (χ0n) is 7.78. The molecule has 0 saturated carbocycles. The van der Waals surface area contributed by atoms with Crippen LogP contribution >= 0.6 is 0 Å². The van der Waals surface area contributed by atoms with Crippen LogP contribution in [0, 0.1) is 29.4 Å². The largest absolute Gasteiger partial charge is 0.369 e. The minimum atomic E-state index is -0.425. The number of hydrogen-bond acceptors (Lipinski definition) is 3. The Labute approximate surface area is 82.1 Å². The first kappa shape index (κ1) is 10.1. The molecule has 0 saturated heterocycles. The maximum absolute atomic E-state index is 10.7. The summed E-state index contributed by atoms with van der Waals surface area (Å²) >= 11 is 0. The molecule has 0 radical (unpaired) electrons. The monoisotopic (exact) mass is 190 g/mol. The van der Waals surface area contributed by atoms with Crippen LogP contribution in [0.4, 0.5) is 11.4 Å². The minimum absolute atomic E-state index is 0.0558. The van der Waals surface area contributed by atoms with Crippen molar-refractivity contribution in [1.29, 1.82) is 0 Å². The van der Waals surface area contributed by atoms with E-state index in [4.69, 9.17) is 6.42 Å². The summed E-state index contributed by atoms with van der Waals surface area (Å²) in [5.74, 6) is 2.36. The highest BCUT2D eigenvalue weighted by molar-refractivity contribution is 5.62. The molecule has 0 aliphatic carbocycles. The van der Waals surface area contributed by atoms with Gasteiger partial charge in [-0.25, -0.2) is 0 Å². The van der Waals surface area contributed by atoms with Gasteiger partial charge in [0.1, 0.15) is 5.69 Å². The van der Waals surface area contributed by atoms with Crippen molar-refractivity contribution < 1.29 is 4.92 Å². The number of hydrogen-bond donors (Lipinski definition) is 1. The number of terminal acetylenes is 1. The average molecular weight is 190 g/mol. The molecule has 1 N–H and O–H groups in total. The average Bonchev–Trinajstić information content (AvgIpc) is 2.15. The number of nitrogens with one attached hydrogen (secondary N) is 1. The van der Waals surface area contributed by atoms with Crippen LogP contribution in [0.15, 0.2) is 18.2 Å². The maximum Gasteiger partial charge on any atom is 0.292 e. The van der Waals surface area contributed by atoms with E-state index in [1.807, 2.05) is 0 Å². The van der Waals surface area contributed by atoms with Crippen LogP contribution in [0.1, 0.15) is 5.56 Å². The standard InChI is InChI=1S/C10H10N2O2/c1-3-6-11-9-5-4-8(2)7-10(9)12(13)14/h1,4-5,7,11H,6H2,2H3. The first-order chi connectivity index (χ1) is 6.65. The Kier molecular flexibility index (Phi) is 3.08. The second-order valence-electron chi connectivity index (χ2n) is 2.84. The molecule has 0 bridgehead atoms. The molecule has 0 spiro atoms. The summed E-state index contributed by atoms with van der Waals surface area (Å²) in [6.45, 7) is 2.09. The van der Waals surface area contributed by atoms with E-state index >= 15 is 0 Å². The van der Waals surface area contributed by atoms with Crippen molar-refractivity contribution in [1.82, 2.24) is 0 Å². The van der Waals surface area contributed by atoms with E-state index in [2.05, 4.69) is 11.2 Å². The summed E-state index contributed by atoms with van der Waals surface area (Å²) in [6, 6.07) is 4.97. The van der Waals surface area contributed by atoms with Crippen LogP contribution < -0.4 is 5.32 Å². The van der Waals surface area contributed by atoms with Gasteiger partial charge in [-0.2, -0.15) is 0 Å². The Balaban J connectivity index is 3.03. The molecular weight excluding hydrogens is 180 g/mol. The van der Waals surface area contributed by atoms with E-state index in [1.165, 1.54) is 6.07 Å². The van der Waals surface area contributed by atoms with Crippen LogP contribution in [0.25, 0.3) is 0 Å². The van der Waals surface area contributed by atoms with E-state index in [9.17, 15) is 10.1 Å². The molecule has 1 aromatic carbocycles. The molecule has 1 aromatic rings. The van der Waals surface area contributed by atoms with E-state index in [1.54, 1.807) is 19.1 Å². The van der Waals surface area contributed by atoms with Crippen molar-refractivity contribution in [3.05, 3.63) is 33.9 Å². The van der Waals surface area contributed by atoms with Crippen LogP contribution in [-0.2, 0) is 0 Å². The van der Waals surface area contributed by atoms with E-state index in [0.29, 0.717) is 5.69 Å². The Bertz CT molecular complexity index is 394. The third-order valence-electron chi connectivity index (χ3n) is 1.73. The SMILES string of the molecule is C#CCNc1ccc(C)cc1[N+](=O)[O-]. The molecule has 1 rings (SSSR count). The Morgan fingerprint density at radius 3 is 2.93 bits per heavy atom. The van der Waals surface area contributed by atoms with Gasteiger partial charge in [0.25, 0.3) is 5.69 Å². The number of nitrogens with zero attached hydrogens (tertiary/aromatic N) is 1. The summed E-state index contributed by atoms with van der Waals surface area (Å²) in [6.07, 6.45) is 5.05. The van der Waals surface area contributed by atoms with Gasteiger partial charge in [0.15, 0.2) is 0 Å². The highest BCUT2D eigenvalue weighted by atomic mass is 16.6. The number of anilines is 1. The normalized spacial score (nSPS) is 9.14. The lowest BCUT2D eigenvalue weighted by atomic mass is 10.2. The summed E-state index contributed by atoms with van der Waals surface area (Å²) in [5, 5.41) is 13.4. The van der Waals surface area contributed by atoms with Gasteiger partial charge in [-0.15, -0.1) is 6.42 Å². The lowest BCUT2D eigenvalue weighted by Crippen LogP contribution is -2.02. The van der Waals surface area contributed by atoms with Gasteiger partial charge in [-0.3, -0.25) is 10.1 Å². The number of nitro groups is 1. The fourth-order valence-electron chi connectivity index (χ4n) is 1.09. The minimum Gasteiger partial charge on any atom is -0.369 e. The zero-order chi connectivity index (χ0) is 10.6. The van der Waals surface area contributed by atoms with Gasteiger partial charge in [-0.1, -0.05) is 12.0 Å². The molecule has 4 heteroatoms. The van der Waals surface area contributed by atoms with E-state index in [0.717, 1.165) is 5.56 Å². The van der Waals surface area contributed by atoms with Gasteiger partial charge in [0.05, 0.1) is 11.5 Å². The Hall–Kier alpha value is -2.02. The van der Waals surface area contributed by atoms with Gasteiger partial charge >= 0.3 is 0 Å². The molecule has 0 aromatic heterocycles. The summed E-state index contributed by atoms with van der Waals surface area (Å²) in [5.41, 5.74) is 1.36. The fourth-order valence-corrected chi connectivity index (χ4v) is 1.09. The molecule has 14 heavy (non-hydrogen) atoms. The Morgan fingerprint density at radius 2 is 2.36 bits per heavy atom. The van der Waals surface area contributed by atoms with Crippen LogP contribution in [-0.4, -0.2) is 11.5 Å². The number of nitro benzene ring substituents is 1. The Morgan fingerprint density at radius 1 is 1.64 bits per heavy atom. The van der Waals surface area contributed by atoms with Crippen molar-refractivity contribution in [3.8, 4) is 12.3 Å². The number of rotatable bonds is 3. The predicted molar refractivity (Wildman–Crippen MR) is 55.2 cm³/mol. The highest BCUT2D eigenvalue weighted by Crippen LogP contribution is 2.24. The van der Waals surface area contributed by atoms with Gasteiger partial charge in [0, 0.05) is 6.07 Å². The second-order valence-corrected chi connectivity index (χ2v) is 2.84. The van der Waals surface area contributed by atoms with Crippen LogP contribution in [0.2, 0.25) is 0 Å². The van der Waals surface area contributed by atoms with E-state index in [-0.39, 0.29) is 12.2 Å². The molecule has 0 amide bonds. The maximum atomic E-state index is 10.7. The van der Waals surface area contributed by atoms with Crippen molar-refractivity contribution in [2.45, 2.75) is 6.92 Å². The second kappa shape index (κ2) is 4.28. The van der Waals surface area contributed by atoms with Gasteiger partial charge in [0.2, 0.25) is 0 Å². The first-order valence-corrected chi connectivity index (χ1v) is 4.07. The van der Waals surface area contributed by atoms with Crippen molar-refractivity contribution in [2.75, 3.05) is 11.9 Å². The molecule has 0 aliphatic heterocycles. The topological polar surface area (TPSA) is 55.2 Å². The molecule has 0 aliphatic rings. The first-order valence-electron chi connectivity index (χ1n) is 4.07.